The normalized spacial score (nSPS) is 9.76. The van der Waals surface area contributed by atoms with Crippen LogP contribution in [0.5, 0.6) is 0 Å². The molecule has 0 aliphatic carbocycles. The van der Waals surface area contributed by atoms with Crippen LogP contribution in [0.3, 0.4) is 0 Å². The lowest BCUT2D eigenvalue weighted by molar-refractivity contribution is 0.137. The third-order valence-corrected chi connectivity index (χ3v) is 10.1. The Kier molecular flexibility index (Phi) is 55.5. The summed E-state index contributed by atoms with van der Waals surface area (Å²) >= 11 is 22.3. The van der Waals surface area contributed by atoms with E-state index in [1.54, 1.807) is 0 Å². The van der Waals surface area contributed by atoms with E-state index in [2.05, 4.69) is 57.4 Å². The molecule has 8 N–H and O–H groups in total. The Morgan fingerprint density at radius 2 is 0.784 bits per heavy atom. The van der Waals surface area contributed by atoms with Crippen LogP contribution in [0.25, 0.3) is 0 Å². The predicted molar refractivity (Wildman–Crippen MR) is 310 cm³/mol. The number of alkyl carbamates (subject to hydrolysis) is 3. The van der Waals surface area contributed by atoms with Gasteiger partial charge in [-0.1, -0.05) is 153 Å². The Balaban J connectivity index is -0.000000852. The van der Waals surface area contributed by atoms with Crippen LogP contribution in [0.2, 0.25) is 0 Å². The van der Waals surface area contributed by atoms with E-state index < -0.39 is 17.6 Å². The lowest BCUT2D eigenvalue weighted by Crippen LogP contribution is -2.34. The topological polar surface area (TPSA) is 223 Å². The van der Waals surface area contributed by atoms with Crippen molar-refractivity contribution in [3.05, 3.63) is 144 Å². The highest BCUT2D eigenvalue weighted by Gasteiger charge is 2.05. The molecule has 4 aromatic carbocycles. The number of aliphatic hydroxyl groups is 1. The lowest BCUT2D eigenvalue weighted by Gasteiger charge is -2.15. The summed E-state index contributed by atoms with van der Waals surface area (Å²) in [5.74, 6) is 1.28. The fourth-order valence-electron chi connectivity index (χ4n) is 4.90. The van der Waals surface area contributed by atoms with E-state index in [-0.39, 0.29) is 38.3 Å². The molecule has 4 rings (SSSR count). The molecule has 0 aromatic heterocycles. The first kappa shape index (κ1) is 74.3. The molecule has 4 aromatic rings. The molecule has 0 heterocycles. The van der Waals surface area contributed by atoms with E-state index in [1.807, 2.05) is 152 Å². The van der Waals surface area contributed by atoms with Crippen molar-refractivity contribution >= 4 is 103 Å². The van der Waals surface area contributed by atoms with Gasteiger partial charge in [-0.05, 0) is 43.4 Å². The summed E-state index contributed by atoms with van der Waals surface area (Å²) in [6, 6.07) is 38.1. The number of amides is 3. The summed E-state index contributed by atoms with van der Waals surface area (Å²) in [5.41, 5.74) is 13.3. The number of aliphatic hydroxyl groups excluding tert-OH is 1. The van der Waals surface area contributed by atoms with Gasteiger partial charge in [0.2, 0.25) is 0 Å². The van der Waals surface area contributed by atoms with Gasteiger partial charge in [-0.3, -0.25) is 0 Å². The van der Waals surface area contributed by atoms with Crippen molar-refractivity contribution in [2.24, 2.45) is 11.5 Å². The molecule has 0 saturated heterocycles. The third kappa shape index (κ3) is 51.5. The van der Waals surface area contributed by atoms with Gasteiger partial charge in [0.15, 0.2) is 0 Å². The van der Waals surface area contributed by atoms with Crippen molar-refractivity contribution in [1.29, 1.82) is 0 Å². The van der Waals surface area contributed by atoms with Crippen LogP contribution in [-0.4, -0.2) is 166 Å². The molecule has 0 unspecified atom stereocenters. The molecule has 0 fully saturated rings. The first-order valence-corrected chi connectivity index (χ1v) is 27.0. The van der Waals surface area contributed by atoms with Crippen LogP contribution in [-0.2, 0) is 45.4 Å². The Labute approximate surface area is 477 Å². The second kappa shape index (κ2) is 55.3. The van der Waals surface area contributed by atoms with E-state index in [0.29, 0.717) is 64.2 Å². The maximum Gasteiger partial charge on any atom is 0.407 e. The molecule has 0 aliphatic heterocycles. The smallest absolute Gasteiger partial charge is 0.407 e. The molecule has 0 saturated carbocycles. The number of halogens is 6. The number of carbonyl (C=O) groups is 4. The summed E-state index contributed by atoms with van der Waals surface area (Å²) in [6.07, 6.45) is -1.19. The average Bonchev–Trinajstić information content (AvgIpc) is 3.40. The Hall–Kier alpha value is -3.96. The summed E-state index contributed by atoms with van der Waals surface area (Å²) in [7, 11) is 5.85. The number of nitrogens with one attached hydrogen (secondary N) is 3. The maximum atomic E-state index is 11.4. The number of hydrogen-bond acceptors (Lipinski definition) is 14. The van der Waals surface area contributed by atoms with Crippen LogP contribution >= 0.6 is 79.1 Å². The minimum absolute atomic E-state index is 0. The number of nitrogens with two attached hydrogens (primary N) is 2. The van der Waals surface area contributed by atoms with Crippen LogP contribution < -0.4 is 27.4 Å². The molecule has 0 atom stereocenters. The number of hydrogen-bond donors (Lipinski definition) is 6. The van der Waals surface area contributed by atoms with Crippen molar-refractivity contribution in [3.63, 3.8) is 0 Å². The zero-order valence-corrected chi connectivity index (χ0v) is 49.0. The molecule has 0 bridgehead atoms. The van der Waals surface area contributed by atoms with Gasteiger partial charge in [0.25, 0.3) is 0 Å². The number of rotatable bonds is 25. The van der Waals surface area contributed by atoms with Crippen LogP contribution in [0.15, 0.2) is 121 Å². The van der Waals surface area contributed by atoms with Crippen LogP contribution in [0.1, 0.15) is 22.3 Å². The van der Waals surface area contributed by atoms with Crippen LogP contribution in [0, 0.1) is 0 Å². The molecule has 17 nitrogen and oxygen atoms in total. The Morgan fingerprint density at radius 1 is 0.486 bits per heavy atom. The van der Waals surface area contributed by atoms with Crippen molar-refractivity contribution in [2.75, 3.05) is 122 Å². The van der Waals surface area contributed by atoms with Gasteiger partial charge in [-0.25, -0.2) is 19.2 Å². The Morgan fingerprint density at radius 3 is 1.05 bits per heavy atom. The predicted octanol–water partition coefficient (Wildman–Crippen LogP) is 8.67. The standard InChI is InChI=1S/C13H19ClN2O2.C13H20N2O3.C10H12BrNO2.C8H7ClO2.C5H13ClN2.C2H6BrN.ClH/c1-16(9-7-14)10-8-15-13(17)18-11-12-5-3-2-4-6-12;1-15(9-10-16)8-7-14-13(17)18-11-12-5-3-2-4-6-12;11-6-7-12-10(13)14-8-9-4-2-1-3-5-9;9-8(10)11-6-7-4-2-1-3-5-7;1-8(4-2-6)5-3-7;3-1-2-4;/h2-6H,7-11H2,1H3,(H,15,17);2-6,16H,7-11H2,1H3,(H,14,17);1-5H,6-8H2,(H,12,13);1-5H,6H2;2-5,7H2,1H3;1-2,4H2;1H. The highest BCUT2D eigenvalue weighted by molar-refractivity contribution is 9.09. The van der Waals surface area contributed by atoms with E-state index in [0.717, 1.165) is 65.6 Å². The Bertz CT molecular complexity index is 1810. The van der Waals surface area contributed by atoms with Gasteiger partial charge in [-0.2, -0.15) is 0 Å². The highest BCUT2D eigenvalue weighted by atomic mass is 79.9. The zero-order valence-electron chi connectivity index (χ0n) is 42.7. The van der Waals surface area contributed by atoms with E-state index in [4.69, 9.17) is 65.6 Å². The molecule has 418 valence electrons. The average molecular weight is 1250 g/mol. The van der Waals surface area contributed by atoms with Gasteiger partial charge in [0, 0.05) is 106 Å². The zero-order chi connectivity index (χ0) is 54.6. The van der Waals surface area contributed by atoms with Crippen molar-refractivity contribution in [3.8, 4) is 0 Å². The van der Waals surface area contributed by atoms with Crippen LogP contribution in [0.4, 0.5) is 19.2 Å². The second-order valence-corrected chi connectivity index (χ2v) is 17.6. The minimum atomic E-state index is -0.770. The quantitative estimate of drug-likeness (QED) is 0.0208. The van der Waals surface area contributed by atoms with Gasteiger partial charge in [0.1, 0.15) is 26.4 Å². The van der Waals surface area contributed by atoms with Crippen molar-refractivity contribution in [2.45, 2.75) is 26.4 Å². The van der Waals surface area contributed by atoms with Crippen molar-refractivity contribution in [1.82, 2.24) is 30.7 Å². The largest absolute Gasteiger partial charge is 0.449 e. The number of alkyl halides is 4. The fourth-order valence-corrected chi connectivity index (χ4v) is 5.73. The number of nitrogens with zero attached hydrogens (tertiary/aromatic N) is 3. The SMILES string of the molecule is CN(CCCl)CCNC(=O)OCc1ccccc1.CN(CCN)CCCl.CN(CCO)CCNC(=O)OCc1ccccc1.Cl.NCCBr.O=C(Cl)OCc1ccccc1.O=C(NCCBr)OCc1ccccc1. The second-order valence-electron chi connectivity index (χ2n) is 14.9. The number of benzene rings is 4. The first-order valence-electron chi connectivity index (χ1n) is 23.3. The number of carbonyl (C=O) groups excluding carboxylic acids is 4. The molecule has 0 aliphatic rings. The fraction of sp³-hybridized carbons (Fsp3) is 0.451. The van der Waals surface area contributed by atoms with Gasteiger partial charge < -0.3 is 66.2 Å². The molecular formula is C51H78Br2Cl4N8O9. The number of ether oxygens (including phenoxy) is 4. The lowest BCUT2D eigenvalue weighted by atomic mass is 10.2. The van der Waals surface area contributed by atoms with Gasteiger partial charge in [0.05, 0.1) is 6.61 Å². The van der Waals surface area contributed by atoms with Gasteiger partial charge >= 0.3 is 23.7 Å². The third-order valence-electron chi connectivity index (χ3n) is 8.76. The van der Waals surface area contributed by atoms with E-state index in [9.17, 15) is 19.2 Å². The monoisotopic (exact) mass is 1240 g/mol. The van der Waals surface area contributed by atoms with Crippen molar-refractivity contribution < 1.29 is 43.2 Å². The van der Waals surface area contributed by atoms with Gasteiger partial charge in [-0.15, -0.1) is 35.6 Å². The summed E-state index contributed by atoms with van der Waals surface area (Å²) in [5, 5.41) is 18.3. The summed E-state index contributed by atoms with van der Waals surface area (Å²) in [4.78, 5) is 50.0. The summed E-state index contributed by atoms with van der Waals surface area (Å²) in [6.45, 7) is 9.05. The highest BCUT2D eigenvalue weighted by Crippen LogP contribution is 2.04. The molecule has 0 spiro atoms. The number of likely N-dealkylation sites (N-methyl/N-ethyl adjacent to an activating group) is 3. The molecule has 3 amide bonds. The molecule has 74 heavy (non-hydrogen) atoms. The van der Waals surface area contributed by atoms with E-state index in [1.165, 1.54) is 0 Å². The van der Waals surface area contributed by atoms with E-state index >= 15 is 0 Å². The molecular weight excluding hydrogens is 1170 g/mol. The maximum absolute atomic E-state index is 11.4. The summed E-state index contributed by atoms with van der Waals surface area (Å²) < 4.78 is 19.6. The molecule has 0 radical (unpaired) electrons. The molecule has 23 heteroatoms. The minimum Gasteiger partial charge on any atom is -0.449 e. The first-order chi connectivity index (χ1) is 35.3.